The Balaban J connectivity index is 2.30. The number of rotatable bonds is 5. The molecule has 0 radical (unpaired) electrons. The van der Waals surface area contributed by atoms with Crippen molar-refractivity contribution in [3.05, 3.63) is 24.0 Å². The molecule has 0 aromatic carbocycles. The van der Waals surface area contributed by atoms with E-state index in [9.17, 15) is 9.90 Å². The maximum Gasteiger partial charge on any atom is 0.319 e. The molecule has 0 fully saturated rings. The number of aromatic nitrogens is 1. The summed E-state index contributed by atoms with van der Waals surface area (Å²) in [5, 5.41) is 15.0. The fourth-order valence-electron chi connectivity index (χ4n) is 1.47. The van der Waals surface area contributed by atoms with Crippen LogP contribution < -0.4 is 10.6 Å². The van der Waals surface area contributed by atoms with Crippen molar-refractivity contribution in [3.8, 4) is 0 Å². The number of aliphatic hydroxyl groups is 1. The fraction of sp³-hybridized carbons (Fsp3) is 0.538. The van der Waals surface area contributed by atoms with Gasteiger partial charge in [-0.3, -0.25) is 4.98 Å². The maximum absolute atomic E-state index is 11.6. The third kappa shape index (κ3) is 5.14. The Hall–Kier alpha value is -1.62. The summed E-state index contributed by atoms with van der Waals surface area (Å²) >= 11 is 0. The van der Waals surface area contributed by atoms with Gasteiger partial charge >= 0.3 is 6.03 Å². The molecule has 1 heterocycles. The zero-order valence-corrected chi connectivity index (χ0v) is 11.1. The number of nitrogens with zero attached hydrogens (tertiary/aromatic N) is 1. The monoisotopic (exact) mass is 251 g/mol. The number of hydrogen-bond donors (Lipinski definition) is 3. The van der Waals surface area contributed by atoms with Gasteiger partial charge in [-0.2, -0.15) is 0 Å². The lowest BCUT2D eigenvalue weighted by Crippen LogP contribution is -2.32. The molecule has 0 spiro atoms. The van der Waals surface area contributed by atoms with Crippen molar-refractivity contribution in [3.63, 3.8) is 0 Å². The summed E-state index contributed by atoms with van der Waals surface area (Å²) in [7, 11) is 0. The molecule has 100 valence electrons. The topological polar surface area (TPSA) is 74.2 Å². The third-order valence-corrected chi connectivity index (χ3v) is 2.65. The molecule has 1 aromatic rings. The van der Waals surface area contributed by atoms with Crippen LogP contribution in [0.25, 0.3) is 0 Å². The summed E-state index contributed by atoms with van der Waals surface area (Å²) in [6.07, 6.45) is 1.82. The molecule has 5 heteroatoms. The summed E-state index contributed by atoms with van der Waals surface area (Å²) in [6, 6.07) is 3.26. The van der Waals surface area contributed by atoms with Crippen LogP contribution in [0.15, 0.2) is 18.3 Å². The Morgan fingerprint density at radius 3 is 2.83 bits per heavy atom. The Morgan fingerprint density at radius 2 is 2.22 bits per heavy atom. The molecule has 0 bridgehead atoms. The maximum atomic E-state index is 11.6. The van der Waals surface area contributed by atoms with E-state index in [0.717, 1.165) is 5.69 Å². The van der Waals surface area contributed by atoms with E-state index in [1.165, 1.54) is 0 Å². The number of carbonyl (C=O) groups excluding carboxylic acids is 1. The van der Waals surface area contributed by atoms with E-state index in [1.54, 1.807) is 18.3 Å². The minimum atomic E-state index is -0.381. The van der Waals surface area contributed by atoms with Gasteiger partial charge in [-0.25, -0.2) is 4.79 Å². The van der Waals surface area contributed by atoms with Gasteiger partial charge in [-0.15, -0.1) is 0 Å². The Bertz CT molecular complexity index is 394. The molecular weight excluding hydrogens is 230 g/mol. The van der Waals surface area contributed by atoms with Gasteiger partial charge in [0.2, 0.25) is 0 Å². The number of carbonyl (C=O) groups is 1. The summed E-state index contributed by atoms with van der Waals surface area (Å²) in [5.41, 5.74) is 1.56. The van der Waals surface area contributed by atoms with Crippen LogP contribution in [0.3, 0.4) is 0 Å². The highest BCUT2D eigenvalue weighted by Crippen LogP contribution is 2.07. The van der Waals surface area contributed by atoms with E-state index in [2.05, 4.69) is 15.6 Å². The van der Waals surface area contributed by atoms with Crippen molar-refractivity contribution >= 4 is 11.7 Å². The van der Waals surface area contributed by atoms with Gasteiger partial charge < -0.3 is 15.7 Å². The van der Waals surface area contributed by atoms with Crippen LogP contribution in [0.1, 0.15) is 26.0 Å². The Kier molecular flexibility index (Phi) is 5.58. The van der Waals surface area contributed by atoms with E-state index in [-0.39, 0.29) is 18.1 Å². The molecule has 0 saturated carbocycles. The average Bonchev–Trinajstić information content (AvgIpc) is 2.28. The molecule has 1 rings (SSSR count). The highest BCUT2D eigenvalue weighted by molar-refractivity contribution is 5.89. The number of aliphatic hydroxyl groups excluding tert-OH is 1. The molecule has 0 aliphatic carbocycles. The van der Waals surface area contributed by atoms with Crippen LogP contribution in [0.5, 0.6) is 0 Å². The van der Waals surface area contributed by atoms with E-state index < -0.39 is 0 Å². The third-order valence-electron chi connectivity index (χ3n) is 2.65. The number of nitrogens with one attached hydrogen (secondary N) is 2. The van der Waals surface area contributed by atoms with Crippen LogP contribution in [0.4, 0.5) is 10.5 Å². The van der Waals surface area contributed by atoms with Crippen molar-refractivity contribution in [2.45, 2.75) is 33.3 Å². The molecule has 1 unspecified atom stereocenters. The molecule has 3 N–H and O–H groups in total. The molecule has 1 atom stereocenters. The molecule has 0 saturated heterocycles. The SMILES string of the molecule is Cc1cc(NC(=O)NCCC(O)C(C)C)ccn1. The van der Waals surface area contributed by atoms with E-state index in [4.69, 9.17) is 0 Å². The first-order valence-corrected chi connectivity index (χ1v) is 6.14. The number of amides is 2. The standard InChI is InChI=1S/C13H21N3O2/c1-9(2)12(17)5-7-15-13(18)16-11-4-6-14-10(3)8-11/h4,6,8-9,12,17H,5,7H2,1-3H3,(H2,14,15,16,18). The van der Waals surface area contributed by atoms with E-state index in [1.807, 2.05) is 20.8 Å². The number of aryl methyl sites for hydroxylation is 1. The second kappa shape index (κ2) is 6.96. The van der Waals surface area contributed by atoms with Crippen molar-refractivity contribution in [2.24, 2.45) is 5.92 Å². The fourth-order valence-corrected chi connectivity index (χ4v) is 1.47. The molecule has 2 amide bonds. The minimum Gasteiger partial charge on any atom is -0.393 e. The van der Waals surface area contributed by atoms with Gasteiger partial charge in [0.15, 0.2) is 0 Å². The quantitative estimate of drug-likeness (QED) is 0.748. The largest absolute Gasteiger partial charge is 0.393 e. The molecule has 5 nitrogen and oxygen atoms in total. The first-order valence-electron chi connectivity index (χ1n) is 6.14. The lowest BCUT2D eigenvalue weighted by molar-refractivity contribution is 0.117. The van der Waals surface area contributed by atoms with Crippen LogP contribution in [0, 0.1) is 12.8 Å². The Labute approximate surface area is 108 Å². The molecule has 0 aliphatic heterocycles. The second-order valence-electron chi connectivity index (χ2n) is 4.67. The lowest BCUT2D eigenvalue weighted by atomic mass is 10.0. The van der Waals surface area contributed by atoms with Crippen LogP contribution >= 0.6 is 0 Å². The zero-order valence-electron chi connectivity index (χ0n) is 11.1. The second-order valence-corrected chi connectivity index (χ2v) is 4.67. The van der Waals surface area contributed by atoms with Crippen LogP contribution in [-0.2, 0) is 0 Å². The minimum absolute atomic E-state index is 0.206. The first-order chi connectivity index (χ1) is 8.49. The van der Waals surface area contributed by atoms with Crippen molar-refractivity contribution < 1.29 is 9.90 Å². The van der Waals surface area contributed by atoms with Gasteiger partial charge in [0.25, 0.3) is 0 Å². The number of hydrogen-bond acceptors (Lipinski definition) is 3. The highest BCUT2D eigenvalue weighted by Gasteiger charge is 2.09. The van der Waals surface area contributed by atoms with E-state index >= 15 is 0 Å². The van der Waals surface area contributed by atoms with Gasteiger partial charge in [-0.05, 0) is 31.4 Å². The summed E-state index contributed by atoms with van der Waals surface area (Å²) < 4.78 is 0. The van der Waals surface area contributed by atoms with Gasteiger partial charge in [-0.1, -0.05) is 13.8 Å². The van der Waals surface area contributed by atoms with Gasteiger partial charge in [0, 0.05) is 24.1 Å². The number of pyridine rings is 1. The summed E-state index contributed by atoms with van der Waals surface area (Å²) in [6.45, 7) is 6.21. The summed E-state index contributed by atoms with van der Waals surface area (Å²) in [4.78, 5) is 15.6. The molecule has 1 aromatic heterocycles. The molecule has 18 heavy (non-hydrogen) atoms. The normalized spacial score (nSPS) is 12.3. The van der Waals surface area contributed by atoms with Crippen molar-refractivity contribution in [1.82, 2.24) is 10.3 Å². The average molecular weight is 251 g/mol. The first kappa shape index (κ1) is 14.4. The van der Waals surface area contributed by atoms with Gasteiger partial charge in [0.1, 0.15) is 0 Å². The highest BCUT2D eigenvalue weighted by atomic mass is 16.3. The smallest absolute Gasteiger partial charge is 0.319 e. The van der Waals surface area contributed by atoms with Crippen molar-refractivity contribution in [2.75, 3.05) is 11.9 Å². The van der Waals surface area contributed by atoms with Crippen LogP contribution in [-0.4, -0.2) is 28.8 Å². The van der Waals surface area contributed by atoms with Crippen molar-refractivity contribution in [1.29, 1.82) is 0 Å². The predicted molar refractivity (Wildman–Crippen MR) is 71.5 cm³/mol. The lowest BCUT2D eigenvalue weighted by Gasteiger charge is -2.14. The van der Waals surface area contributed by atoms with Crippen LogP contribution in [0.2, 0.25) is 0 Å². The molecule has 0 aliphatic rings. The van der Waals surface area contributed by atoms with E-state index in [0.29, 0.717) is 18.7 Å². The number of anilines is 1. The summed E-state index contributed by atoms with van der Waals surface area (Å²) in [5.74, 6) is 0.206. The zero-order chi connectivity index (χ0) is 13.5. The molecular formula is C13H21N3O2. The Morgan fingerprint density at radius 1 is 1.50 bits per heavy atom. The predicted octanol–water partition coefficient (Wildman–Crippen LogP) is 1.92. The number of urea groups is 1. The van der Waals surface area contributed by atoms with Gasteiger partial charge in [0.05, 0.1) is 6.10 Å².